The van der Waals surface area contributed by atoms with E-state index in [4.69, 9.17) is 0 Å². The Morgan fingerprint density at radius 3 is 1.76 bits per heavy atom. The van der Waals surface area contributed by atoms with E-state index in [1.165, 1.54) is 49.7 Å². The van der Waals surface area contributed by atoms with Crippen molar-refractivity contribution in [2.75, 3.05) is 4.90 Å². The van der Waals surface area contributed by atoms with Crippen LogP contribution in [0.15, 0.2) is 146 Å². The Balaban J connectivity index is 1.32. The van der Waals surface area contributed by atoms with E-state index < -0.39 is 0 Å². The van der Waals surface area contributed by atoms with Crippen LogP contribution in [-0.4, -0.2) is 4.57 Å². The molecule has 0 saturated heterocycles. The highest BCUT2D eigenvalue weighted by Crippen LogP contribution is 2.39. The molecule has 0 aliphatic heterocycles. The number of nitrogens with zero attached hydrogens (tertiary/aromatic N) is 2. The Kier molecular flexibility index (Phi) is 6.65. The van der Waals surface area contributed by atoms with Gasteiger partial charge in [0, 0.05) is 33.5 Å². The van der Waals surface area contributed by atoms with Crippen molar-refractivity contribution >= 4 is 51.0 Å². The molecule has 2 heteroatoms. The Morgan fingerprint density at radius 1 is 0.452 bits per heavy atom. The third-order valence-corrected chi connectivity index (χ3v) is 7.81. The smallest absolute Gasteiger partial charge is 0.0542 e. The number of benzene rings is 6. The lowest BCUT2D eigenvalue weighted by Gasteiger charge is -2.25. The summed E-state index contributed by atoms with van der Waals surface area (Å²) >= 11 is 0. The van der Waals surface area contributed by atoms with Gasteiger partial charge in [0.25, 0.3) is 0 Å². The van der Waals surface area contributed by atoms with Crippen LogP contribution < -0.4 is 4.90 Å². The molecule has 0 aliphatic rings. The van der Waals surface area contributed by atoms with Gasteiger partial charge >= 0.3 is 0 Å². The summed E-state index contributed by atoms with van der Waals surface area (Å²) in [6.07, 6.45) is 4.38. The molecule has 7 aromatic rings. The number of hydrogen-bond donors (Lipinski definition) is 0. The first-order valence-electron chi connectivity index (χ1n) is 14.4. The van der Waals surface area contributed by atoms with Crippen LogP contribution in [-0.2, 0) is 0 Å². The Labute approximate surface area is 247 Å². The number of hydrogen-bond acceptors (Lipinski definition) is 1. The molecule has 0 unspecified atom stereocenters. The summed E-state index contributed by atoms with van der Waals surface area (Å²) < 4.78 is 2.36. The number of aryl methyl sites for hydroxylation is 2. The molecule has 202 valence electrons. The lowest BCUT2D eigenvalue weighted by Crippen LogP contribution is -2.09. The van der Waals surface area contributed by atoms with Crippen molar-refractivity contribution in [1.82, 2.24) is 4.57 Å². The predicted molar refractivity (Wildman–Crippen MR) is 180 cm³/mol. The maximum Gasteiger partial charge on any atom is 0.0542 e. The molecule has 0 aliphatic carbocycles. The number of fused-ring (bicyclic) bond motifs is 3. The van der Waals surface area contributed by atoms with Gasteiger partial charge in [0.2, 0.25) is 0 Å². The fraction of sp³-hybridized carbons (Fsp3) is 0.0500. The summed E-state index contributed by atoms with van der Waals surface area (Å²) in [5.41, 5.74) is 11.9. The molecule has 7 rings (SSSR count). The molecule has 0 N–H and O–H groups in total. The first kappa shape index (κ1) is 25.6. The maximum atomic E-state index is 2.36. The van der Waals surface area contributed by atoms with Gasteiger partial charge in [-0.3, -0.25) is 0 Å². The summed E-state index contributed by atoms with van der Waals surface area (Å²) in [5.74, 6) is 0. The van der Waals surface area contributed by atoms with Gasteiger partial charge in [-0.2, -0.15) is 0 Å². The Morgan fingerprint density at radius 2 is 1.02 bits per heavy atom. The lowest BCUT2D eigenvalue weighted by atomic mass is 10.1. The summed E-state index contributed by atoms with van der Waals surface area (Å²) in [4.78, 5) is 2.34. The van der Waals surface area contributed by atoms with Crippen LogP contribution >= 0.6 is 0 Å². The minimum Gasteiger partial charge on any atom is -0.310 e. The van der Waals surface area contributed by atoms with Crippen molar-refractivity contribution in [3.8, 4) is 5.69 Å². The van der Waals surface area contributed by atoms with Crippen molar-refractivity contribution < 1.29 is 0 Å². The highest BCUT2D eigenvalue weighted by Gasteiger charge is 2.17. The molecule has 0 bridgehead atoms. The van der Waals surface area contributed by atoms with Gasteiger partial charge in [-0.1, -0.05) is 108 Å². The summed E-state index contributed by atoms with van der Waals surface area (Å²) in [7, 11) is 0. The normalized spacial score (nSPS) is 11.5. The van der Waals surface area contributed by atoms with Gasteiger partial charge in [-0.15, -0.1) is 0 Å². The largest absolute Gasteiger partial charge is 0.310 e. The van der Waals surface area contributed by atoms with Crippen molar-refractivity contribution in [1.29, 1.82) is 0 Å². The molecule has 0 spiro atoms. The highest BCUT2D eigenvalue weighted by molar-refractivity contribution is 6.10. The quantitative estimate of drug-likeness (QED) is 0.190. The minimum absolute atomic E-state index is 1.12. The second kappa shape index (κ2) is 10.9. The monoisotopic (exact) mass is 540 g/mol. The topological polar surface area (TPSA) is 8.17 Å². The van der Waals surface area contributed by atoms with Gasteiger partial charge in [0.05, 0.1) is 11.0 Å². The molecule has 0 radical (unpaired) electrons. The van der Waals surface area contributed by atoms with E-state index in [2.05, 4.69) is 181 Å². The summed E-state index contributed by atoms with van der Waals surface area (Å²) in [5, 5.41) is 2.49. The van der Waals surface area contributed by atoms with E-state index in [0.717, 1.165) is 17.1 Å². The predicted octanol–water partition coefficient (Wildman–Crippen LogP) is 11.0. The third-order valence-electron chi connectivity index (χ3n) is 7.81. The average molecular weight is 541 g/mol. The molecule has 42 heavy (non-hydrogen) atoms. The molecule has 1 aromatic heterocycles. The fourth-order valence-corrected chi connectivity index (χ4v) is 6.01. The molecule has 1 heterocycles. The third kappa shape index (κ3) is 4.88. The fourth-order valence-electron chi connectivity index (χ4n) is 6.01. The number of rotatable bonds is 6. The average Bonchev–Trinajstić information content (AvgIpc) is 3.35. The first-order chi connectivity index (χ1) is 20.6. The van der Waals surface area contributed by atoms with Gasteiger partial charge in [0.1, 0.15) is 0 Å². The van der Waals surface area contributed by atoms with Crippen LogP contribution in [0.2, 0.25) is 0 Å². The standard InChI is InChI=1S/C40H32N2/c1-29-25-30(2)27-32(26-29)18-17-31-19-21-35(22-20-31)41(33-11-5-3-6-12-33)36-23-24-40-38(28-36)37-15-9-10-16-39(37)42(40)34-13-7-4-8-14-34/h3-28H,1-2H3/b18-17+. The SMILES string of the molecule is Cc1cc(C)cc(/C=C/c2ccc(N(c3ccccc3)c3ccc4c(c3)c3ccccc3n4-c3ccccc3)cc2)c1. The summed E-state index contributed by atoms with van der Waals surface area (Å²) in [6, 6.07) is 52.2. The van der Waals surface area contributed by atoms with Crippen LogP contribution in [0.25, 0.3) is 39.6 Å². The lowest BCUT2D eigenvalue weighted by molar-refractivity contribution is 1.18. The van der Waals surface area contributed by atoms with E-state index in [-0.39, 0.29) is 0 Å². The number of anilines is 3. The van der Waals surface area contributed by atoms with E-state index in [1.54, 1.807) is 0 Å². The number of aromatic nitrogens is 1. The van der Waals surface area contributed by atoms with Gasteiger partial charge in [-0.05, 0) is 85.6 Å². The molecule has 0 saturated carbocycles. The van der Waals surface area contributed by atoms with Crippen LogP contribution in [0.5, 0.6) is 0 Å². The van der Waals surface area contributed by atoms with E-state index in [0.29, 0.717) is 0 Å². The second-order valence-electron chi connectivity index (χ2n) is 10.9. The molecule has 6 aromatic carbocycles. The minimum atomic E-state index is 1.12. The summed E-state index contributed by atoms with van der Waals surface area (Å²) in [6.45, 7) is 4.29. The van der Waals surface area contributed by atoms with Crippen LogP contribution in [0.3, 0.4) is 0 Å². The van der Waals surface area contributed by atoms with Gasteiger partial charge in [-0.25, -0.2) is 0 Å². The van der Waals surface area contributed by atoms with Crippen molar-refractivity contribution in [2.24, 2.45) is 0 Å². The zero-order chi connectivity index (χ0) is 28.5. The maximum absolute atomic E-state index is 2.36. The molecule has 0 fully saturated rings. The highest BCUT2D eigenvalue weighted by atomic mass is 15.1. The zero-order valence-corrected chi connectivity index (χ0v) is 23.9. The van der Waals surface area contributed by atoms with E-state index in [9.17, 15) is 0 Å². The molecular weight excluding hydrogens is 508 g/mol. The van der Waals surface area contributed by atoms with E-state index in [1.807, 2.05) is 0 Å². The first-order valence-corrected chi connectivity index (χ1v) is 14.4. The van der Waals surface area contributed by atoms with Gasteiger partial charge < -0.3 is 9.47 Å². The van der Waals surface area contributed by atoms with Gasteiger partial charge in [0.15, 0.2) is 0 Å². The van der Waals surface area contributed by atoms with Crippen molar-refractivity contribution in [3.63, 3.8) is 0 Å². The Hall–Kier alpha value is -5.34. The van der Waals surface area contributed by atoms with E-state index >= 15 is 0 Å². The van der Waals surface area contributed by atoms with Crippen LogP contribution in [0.4, 0.5) is 17.1 Å². The molecule has 2 nitrogen and oxygen atoms in total. The number of para-hydroxylation sites is 3. The molecule has 0 amide bonds. The zero-order valence-electron chi connectivity index (χ0n) is 23.9. The van der Waals surface area contributed by atoms with Crippen molar-refractivity contribution in [3.05, 3.63) is 168 Å². The molecular formula is C40H32N2. The Bertz CT molecular complexity index is 2010. The second-order valence-corrected chi connectivity index (χ2v) is 10.9. The van der Waals surface area contributed by atoms with Crippen LogP contribution in [0.1, 0.15) is 22.3 Å². The van der Waals surface area contributed by atoms with Crippen molar-refractivity contribution in [2.45, 2.75) is 13.8 Å². The molecule has 0 atom stereocenters. The van der Waals surface area contributed by atoms with Crippen LogP contribution in [0, 0.1) is 13.8 Å².